The first-order valence-electron chi connectivity index (χ1n) is 9.18. The quantitative estimate of drug-likeness (QED) is 0.290. The van der Waals surface area contributed by atoms with E-state index in [1.165, 1.54) is 29.9 Å². The summed E-state index contributed by atoms with van der Waals surface area (Å²) in [7, 11) is 0. The van der Waals surface area contributed by atoms with Crippen molar-refractivity contribution in [2.45, 2.75) is 52.0 Å². The Morgan fingerprint density at radius 3 is 2.58 bits per heavy atom. The lowest BCUT2D eigenvalue weighted by Crippen LogP contribution is -2.30. The molecule has 0 saturated heterocycles. The van der Waals surface area contributed by atoms with Gasteiger partial charge in [0.1, 0.15) is 0 Å². The highest BCUT2D eigenvalue weighted by atomic mass is 32.2. The number of nitrogen functional groups attached to an aromatic ring is 1. The van der Waals surface area contributed by atoms with Crippen LogP contribution in [0.2, 0.25) is 0 Å². The van der Waals surface area contributed by atoms with Crippen LogP contribution in [0.1, 0.15) is 45.1 Å². The molecule has 134 valence electrons. The first-order valence-corrected chi connectivity index (χ1v) is 10.3. The first kappa shape index (κ1) is 20.7. The number of thioether (sulfide) groups is 1. The summed E-state index contributed by atoms with van der Waals surface area (Å²) in [6.45, 7) is 9.58. The zero-order valence-corrected chi connectivity index (χ0v) is 16.2. The molecule has 0 fully saturated rings. The monoisotopic (exact) mass is 346 g/mol. The summed E-state index contributed by atoms with van der Waals surface area (Å²) >= 11 is 2.05. The van der Waals surface area contributed by atoms with Gasteiger partial charge in [0.2, 0.25) is 0 Å². The van der Waals surface area contributed by atoms with Crippen molar-refractivity contribution >= 4 is 17.4 Å². The van der Waals surface area contributed by atoms with Crippen LogP contribution in [0.5, 0.6) is 0 Å². The summed E-state index contributed by atoms with van der Waals surface area (Å²) in [4.78, 5) is 2.37. The third-order valence-corrected chi connectivity index (χ3v) is 5.20. The number of benzene rings is 1. The van der Waals surface area contributed by atoms with E-state index < -0.39 is 0 Å². The van der Waals surface area contributed by atoms with Crippen molar-refractivity contribution < 1.29 is 0 Å². The molecule has 1 atom stereocenters. The topological polar surface area (TPSA) is 29.3 Å². The molecule has 0 spiro atoms. The van der Waals surface area contributed by atoms with Crippen molar-refractivity contribution in [1.29, 1.82) is 0 Å². The first-order chi connectivity index (χ1) is 11.7. The molecule has 1 unspecified atom stereocenters. The summed E-state index contributed by atoms with van der Waals surface area (Å²) < 4.78 is 0. The lowest BCUT2D eigenvalue weighted by atomic mass is 10.1. The van der Waals surface area contributed by atoms with Crippen molar-refractivity contribution in [3.05, 3.63) is 54.8 Å². The molecular weight excluding hydrogens is 312 g/mol. The van der Waals surface area contributed by atoms with Crippen molar-refractivity contribution in [2.75, 3.05) is 23.8 Å². The Morgan fingerprint density at radius 1 is 1.21 bits per heavy atom. The molecule has 1 aromatic carbocycles. The van der Waals surface area contributed by atoms with Crippen molar-refractivity contribution in [3.8, 4) is 0 Å². The SMILES string of the molecule is C=CN(CCSCCCC)C(/C=C/CCc1ccc(N)cc1)CC. The van der Waals surface area contributed by atoms with Gasteiger partial charge in [-0.3, -0.25) is 0 Å². The summed E-state index contributed by atoms with van der Waals surface area (Å²) in [5.41, 5.74) is 7.90. The summed E-state index contributed by atoms with van der Waals surface area (Å²) in [6.07, 6.45) is 12.5. The highest BCUT2D eigenvalue weighted by Crippen LogP contribution is 2.12. The number of unbranched alkanes of at least 4 members (excludes halogenated alkanes) is 1. The predicted octanol–water partition coefficient (Wildman–Crippen LogP) is 5.52. The normalized spacial score (nSPS) is 12.4. The van der Waals surface area contributed by atoms with E-state index in [0.717, 1.165) is 31.5 Å². The number of hydrogen-bond acceptors (Lipinski definition) is 3. The van der Waals surface area contributed by atoms with Gasteiger partial charge < -0.3 is 10.6 Å². The van der Waals surface area contributed by atoms with Crippen LogP contribution in [0.3, 0.4) is 0 Å². The highest BCUT2D eigenvalue weighted by Gasteiger charge is 2.09. The number of nitrogens with zero attached hydrogens (tertiary/aromatic N) is 1. The third-order valence-electron chi connectivity index (χ3n) is 4.15. The van der Waals surface area contributed by atoms with E-state index in [4.69, 9.17) is 5.73 Å². The Kier molecular flexibility index (Phi) is 11.2. The summed E-state index contributed by atoms with van der Waals surface area (Å²) in [5, 5.41) is 0. The maximum absolute atomic E-state index is 5.72. The fourth-order valence-electron chi connectivity index (χ4n) is 2.58. The molecule has 1 rings (SSSR count). The van der Waals surface area contributed by atoms with E-state index in [-0.39, 0.29) is 0 Å². The second-order valence-corrected chi connectivity index (χ2v) is 7.30. The Morgan fingerprint density at radius 2 is 1.96 bits per heavy atom. The average Bonchev–Trinajstić information content (AvgIpc) is 2.60. The summed E-state index contributed by atoms with van der Waals surface area (Å²) in [5.74, 6) is 2.46. The summed E-state index contributed by atoms with van der Waals surface area (Å²) in [6, 6.07) is 8.64. The van der Waals surface area contributed by atoms with Crippen molar-refractivity contribution in [3.63, 3.8) is 0 Å². The van der Waals surface area contributed by atoms with Crippen LogP contribution < -0.4 is 5.73 Å². The van der Waals surface area contributed by atoms with Crippen LogP contribution in [0.25, 0.3) is 0 Å². The molecule has 0 aromatic heterocycles. The Labute approximate surface area is 153 Å². The van der Waals surface area contributed by atoms with Gasteiger partial charge in [-0.2, -0.15) is 11.8 Å². The molecule has 0 radical (unpaired) electrons. The lowest BCUT2D eigenvalue weighted by Gasteiger charge is -2.27. The third kappa shape index (κ3) is 8.49. The number of hydrogen-bond donors (Lipinski definition) is 1. The van der Waals surface area contributed by atoms with Crippen LogP contribution in [-0.2, 0) is 6.42 Å². The number of allylic oxidation sites excluding steroid dienone is 1. The fraction of sp³-hybridized carbons (Fsp3) is 0.524. The molecule has 0 bridgehead atoms. The largest absolute Gasteiger partial charge is 0.399 e. The highest BCUT2D eigenvalue weighted by molar-refractivity contribution is 7.99. The van der Waals surface area contributed by atoms with E-state index in [0.29, 0.717) is 6.04 Å². The van der Waals surface area contributed by atoms with E-state index in [9.17, 15) is 0 Å². The van der Waals surface area contributed by atoms with Gasteiger partial charge in [-0.25, -0.2) is 0 Å². The smallest absolute Gasteiger partial charge is 0.0465 e. The van der Waals surface area contributed by atoms with Crippen LogP contribution in [-0.4, -0.2) is 29.0 Å². The van der Waals surface area contributed by atoms with Crippen molar-refractivity contribution in [2.24, 2.45) is 0 Å². The van der Waals surface area contributed by atoms with Crippen molar-refractivity contribution in [1.82, 2.24) is 4.90 Å². The molecular formula is C21H34N2S. The number of nitrogens with two attached hydrogens (primary N) is 1. The van der Waals surface area contributed by atoms with Gasteiger partial charge in [0.25, 0.3) is 0 Å². The number of anilines is 1. The zero-order chi connectivity index (χ0) is 17.6. The maximum Gasteiger partial charge on any atom is 0.0465 e. The van der Waals surface area contributed by atoms with Crippen LogP contribution in [0, 0.1) is 0 Å². The molecule has 0 amide bonds. The van der Waals surface area contributed by atoms with Crippen LogP contribution in [0.4, 0.5) is 5.69 Å². The van der Waals surface area contributed by atoms with Gasteiger partial charge in [0.15, 0.2) is 0 Å². The van der Waals surface area contributed by atoms with Gasteiger partial charge in [0, 0.05) is 24.0 Å². The van der Waals surface area contributed by atoms with E-state index in [1.54, 1.807) is 0 Å². The number of aryl methyl sites for hydroxylation is 1. The molecule has 3 heteroatoms. The molecule has 24 heavy (non-hydrogen) atoms. The van der Waals surface area contributed by atoms with Gasteiger partial charge in [0.05, 0.1) is 0 Å². The number of rotatable bonds is 13. The molecule has 2 nitrogen and oxygen atoms in total. The van der Waals surface area contributed by atoms with E-state index >= 15 is 0 Å². The predicted molar refractivity (Wildman–Crippen MR) is 112 cm³/mol. The maximum atomic E-state index is 5.72. The lowest BCUT2D eigenvalue weighted by molar-refractivity contribution is 0.331. The molecule has 0 saturated carbocycles. The molecule has 1 aromatic rings. The van der Waals surface area contributed by atoms with Crippen LogP contribution >= 0.6 is 11.8 Å². The second kappa shape index (κ2) is 13.0. The minimum absolute atomic E-state index is 0.459. The minimum atomic E-state index is 0.459. The van der Waals surface area contributed by atoms with E-state index in [2.05, 4.69) is 61.4 Å². The molecule has 0 aliphatic carbocycles. The van der Waals surface area contributed by atoms with Gasteiger partial charge in [-0.1, -0.05) is 51.1 Å². The Bertz CT molecular complexity index is 467. The molecule has 0 aliphatic heterocycles. The minimum Gasteiger partial charge on any atom is -0.399 e. The van der Waals surface area contributed by atoms with Crippen LogP contribution in [0.15, 0.2) is 49.2 Å². The van der Waals surface area contributed by atoms with Gasteiger partial charge in [-0.05, 0) is 55.3 Å². The van der Waals surface area contributed by atoms with Gasteiger partial charge >= 0.3 is 0 Å². The van der Waals surface area contributed by atoms with Gasteiger partial charge in [-0.15, -0.1) is 0 Å². The fourth-order valence-corrected chi connectivity index (χ4v) is 3.62. The molecule has 0 aliphatic rings. The van der Waals surface area contributed by atoms with E-state index in [1.807, 2.05) is 18.3 Å². The zero-order valence-electron chi connectivity index (χ0n) is 15.4. The molecule has 2 N–H and O–H groups in total. The average molecular weight is 347 g/mol. The Balaban J connectivity index is 2.36. The Hall–Kier alpha value is -1.35. The standard InChI is InChI=1S/C21H34N2S/c1-4-7-17-24-18-16-23(6-3)21(5-2)11-9-8-10-19-12-14-20(22)15-13-19/h6,9,11-15,21H,3-5,7-8,10,16-18,22H2,1-2H3/b11-9+. The second-order valence-electron chi connectivity index (χ2n) is 6.07. The molecule has 0 heterocycles.